The van der Waals surface area contributed by atoms with Crippen molar-refractivity contribution in [2.45, 2.75) is 45.6 Å². The van der Waals surface area contributed by atoms with Gasteiger partial charge in [-0.3, -0.25) is 0 Å². The van der Waals surface area contributed by atoms with Crippen LogP contribution in [0.25, 0.3) is 0 Å². The zero-order valence-electron chi connectivity index (χ0n) is 14.0. The van der Waals surface area contributed by atoms with E-state index in [0.717, 1.165) is 24.5 Å². The average Bonchev–Trinajstić information content (AvgIpc) is 2.52. The molecule has 1 aliphatic carbocycles. The van der Waals surface area contributed by atoms with Crippen molar-refractivity contribution in [2.75, 3.05) is 20.2 Å². The third-order valence-electron chi connectivity index (χ3n) is 4.44. The molecule has 122 valence electrons. The fourth-order valence-electron chi connectivity index (χ4n) is 3.01. The molecule has 0 saturated heterocycles. The molecule has 1 aliphatic rings. The molecule has 2 atom stereocenters. The molecule has 0 bridgehead atoms. The summed E-state index contributed by atoms with van der Waals surface area (Å²) in [6.45, 7) is 5.34. The van der Waals surface area contributed by atoms with Crippen molar-refractivity contribution in [3.8, 4) is 5.75 Å². The van der Waals surface area contributed by atoms with Gasteiger partial charge in [0.05, 0.1) is 6.54 Å². The van der Waals surface area contributed by atoms with Crippen molar-refractivity contribution >= 4 is 6.03 Å². The lowest BCUT2D eigenvalue weighted by Gasteiger charge is -2.34. The number of hydrogen-bond acceptors (Lipinski definition) is 2. The normalized spacial score (nSPS) is 21.2. The van der Waals surface area contributed by atoms with Crippen LogP contribution < -0.4 is 10.1 Å². The number of aryl methyl sites for hydroxylation is 1. The van der Waals surface area contributed by atoms with Gasteiger partial charge in [-0.15, -0.1) is 0 Å². The molecule has 1 N–H and O–H groups in total. The van der Waals surface area contributed by atoms with Crippen molar-refractivity contribution in [3.63, 3.8) is 0 Å². The highest BCUT2D eigenvalue weighted by Gasteiger charge is 2.25. The van der Waals surface area contributed by atoms with E-state index in [4.69, 9.17) is 4.74 Å². The van der Waals surface area contributed by atoms with E-state index in [1.165, 1.54) is 18.4 Å². The number of carbonyl (C=O) groups is 1. The van der Waals surface area contributed by atoms with Crippen LogP contribution in [0, 0.1) is 12.8 Å². The number of hydrogen-bond donors (Lipinski definition) is 1. The van der Waals surface area contributed by atoms with Gasteiger partial charge in [0.1, 0.15) is 12.4 Å². The highest BCUT2D eigenvalue weighted by Crippen LogP contribution is 2.26. The van der Waals surface area contributed by atoms with Gasteiger partial charge in [0.2, 0.25) is 0 Å². The Hall–Kier alpha value is -1.71. The molecule has 0 aliphatic heterocycles. The Labute approximate surface area is 133 Å². The largest absolute Gasteiger partial charge is 0.492 e. The lowest BCUT2D eigenvalue weighted by molar-refractivity contribution is 0.159. The van der Waals surface area contributed by atoms with Gasteiger partial charge in [0, 0.05) is 13.1 Å². The maximum atomic E-state index is 12.2. The Balaban J connectivity index is 1.67. The summed E-state index contributed by atoms with van der Waals surface area (Å²) in [7, 11) is 1.90. The number of nitrogens with zero attached hydrogens (tertiary/aromatic N) is 1. The monoisotopic (exact) mass is 304 g/mol. The summed E-state index contributed by atoms with van der Waals surface area (Å²) in [5.74, 6) is 1.56. The molecule has 1 fully saturated rings. The lowest BCUT2D eigenvalue weighted by atomic mass is 9.86. The minimum atomic E-state index is 0.00612. The zero-order chi connectivity index (χ0) is 15.9. The second kappa shape index (κ2) is 8.06. The SMILES string of the molecule is Cc1ccc(OCCNC(=O)N(C)C2CCCC(C)C2)cc1. The van der Waals surface area contributed by atoms with Crippen LogP contribution in [0.3, 0.4) is 0 Å². The van der Waals surface area contributed by atoms with E-state index in [-0.39, 0.29) is 6.03 Å². The zero-order valence-corrected chi connectivity index (χ0v) is 14.0. The van der Waals surface area contributed by atoms with Crippen molar-refractivity contribution < 1.29 is 9.53 Å². The third-order valence-corrected chi connectivity index (χ3v) is 4.44. The lowest BCUT2D eigenvalue weighted by Crippen LogP contribution is -2.46. The predicted octanol–water partition coefficient (Wildman–Crippen LogP) is 3.59. The molecule has 0 aromatic heterocycles. The van der Waals surface area contributed by atoms with Gasteiger partial charge in [-0.05, 0) is 37.8 Å². The smallest absolute Gasteiger partial charge is 0.317 e. The highest BCUT2D eigenvalue weighted by atomic mass is 16.5. The third kappa shape index (κ3) is 4.93. The number of benzene rings is 1. The molecule has 0 spiro atoms. The summed E-state index contributed by atoms with van der Waals surface area (Å²) in [6.07, 6.45) is 4.74. The topological polar surface area (TPSA) is 41.6 Å². The molecule has 2 rings (SSSR count). The molecule has 4 heteroatoms. The molecule has 0 radical (unpaired) electrons. The number of carbonyl (C=O) groups excluding carboxylic acids is 1. The summed E-state index contributed by atoms with van der Waals surface area (Å²) in [5.41, 5.74) is 1.21. The Morgan fingerprint density at radius 3 is 2.73 bits per heavy atom. The van der Waals surface area contributed by atoms with Crippen LogP contribution in [-0.4, -0.2) is 37.2 Å². The van der Waals surface area contributed by atoms with Gasteiger partial charge >= 0.3 is 6.03 Å². The van der Waals surface area contributed by atoms with Crippen molar-refractivity contribution in [2.24, 2.45) is 5.92 Å². The van der Waals surface area contributed by atoms with Crippen LogP contribution in [0.15, 0.2) is 24.3 Å². The molecule has 2 amide bonds. The van der Waals surface area contributed by atoms with Gasteiger partial charge in [-0.1, -0.05) is 37.5 Å². The van der Waals surface area contributed by atoms with Crippen LogP contribution in [-0.2, 0) is 0 Å². The van der Waals surface area contributed by atoms with Gasteiger partial charge < -0.3 is 15.0 Å². The van der Waals surface area contributed by atoms with Crippen molar-refractivity contribution in [3.05, 3.63) is 29.8 Å². The van der Waals surface area contributed by atoms with Crippen LogP contribution in [0.4, 0.5) is 4.79 Å². The average molecular weight is 304 g/mol. The maximum absolute atomic E-state index is 12.2. The molecule has 4 nitrogen and oxygen atoms in total. The summed E-state index contributed by atoms with van der Waals surface area (Å²) in [4.78, 5) is 14.0. The number of nitrogens with one attached hydrogen (secondary N) is 1. The van der Waals surface area contributed by atoms with E-state index in [2.05, 4.69) is 12.2 Å². The molecule has 1 saturated carbocycles. The van der Waals surface area contributed by atoms with E-state index in [1.807, 2.05) is 43.1 Å². The van der Waals surface area contributed by atoms with Crippen LogP contribution >= 0.6 is 0 Å². The van der Waals surface area contributed by atoms with Crippen molar-refractivity contribution in [1.82, 2.24) is 10.2 Å². The standard InChI is InChI=1S/C18H28N2O2/c1-14-7-9-17(10-8-14)22-12-11-19-18(21)20(3)16-6-4-5-15(2)13-16/h7-10,15-16H,4-6,11-13H2,1-3H3,(H,19,21). The molecule has 1 aromatic rings. The number of urea groups is 1. The van der Waals surface area contributed by atoms with Gasteiger partial charge in [0.25, 0.3) is 0 Å². The van der Waals surface area contributed by atoms with Crippen molar-refractivity contribution in [1.29, 1.82) is 0 Å². The van der Waals surface area contributed by atoms with E-state index < -0.39 is 0 Å². The summed E-state index contributed by atoms with van der Waals surface area (Å²) in [6, 6.07) is 8.32. The van der Waals surface area contributed by atoms with Gasteiger partial charge in [-0.25, -0.2) is 4.79 Å². The molecule has 2 unspecified atom stereocenters. The number of rotatable bonds is 5. The summed E-state index contributed by atoms with van der Waals surface area (Å²) in [5, 5.41) is 2.94. The summed E-state index contributed by atoms with van der Waals surface area (Å²) >= 11 is 0. The second-order valence-corrected chi connectivity index (χ2v) is 6.43. The van der Waals surface area contributed by atoms with Crippen LogP contribution in [0.5, 0.6) is 5.75 Å². The van der Waals surface area contributed by atoms with Gasteiger partial charge in [0.15, 0.2) is 0 Å². The maximum Gasteiger partial charge on any atom is 0.317 e. The Kier molecular flexibility index (Phi) is 6.10. The molecular formula is C18H28N2O2. The molecule has 1 aromatic carbocycles. The number of amides is 2. The Bertz CT molecular complexity index is 472. The Morgan fingerprint density at radius 1 is 1.32 bits per heavy atom. The number of ether oxygens (including phenoxy) is 1. The van der Waals surface area contributed by atoms with Crippen LogP contribution in [0.1, 0.15) is 38.2 Å². The minimum Gasteiger partial charge on any atom is -0.492 e. The quantitative estimate of drug-likeness (QED) is 0.845. The Morgan fingerprint density at radius 2 is 2.05 bits per heavy atom. The first-order valence-electron chi connectivity index (χ1n) is 8.26. The molecule has 0 heterocycles. The first-order valence-corrected chi connectivity index (χ1v) is 8.26. The molecular weight excluding hydrogens is 276 g/mol. The molecule has 22 heavy (non-hydrogen) atoms. The fraction of sp³-hybridized carbons (Fsp3) is 0.611. The van der Waals surface area contributed by atoms with Gasteiger partial charge in [-0.2, -0.15) is 0 Å². The first-order chi connectivity index (χ1) is 10.6. The van der Waals surface area contributed by atoms with E-state index in [9.17, 15) is 4.79 Å². The first kappa shape index (κ1) is 16.7. The van der Waals surface area contributed by atoms with Crippen LogP contribution in [0.2, 0.25) is 0 Å². The van der Waals surface area contributed by atoms with E-state index in [1.54, 1.807) is 0 Å². The van der Waals surface area contributed by atoms with E-state index >= 15 is 0 Å². The predicted molar refractivity (Wildman–Crippen MR) is 89.3 cm³/mol. The second-order valence-electron chi connectivity index (χ2n) is 6.43. The fourth-order valence-corrected chi connectivity index (χ4v) is 3.01. The highest BCUT2D eigenvalue weighted by molar-refractivity contribution is 5.74. The minimum absolute atomic E-state index is 0.00612. The summed E-state index contributed by atoms with van der Waals surface area (Å²) < 4.78 is 5.62. The van der Waals surface area contributed by atoms with E-state index in [0.29, 0.717) is 19.2 Å².